The van der Waals surface area contributed by atoms with E-state index in [-0.39, 0.29) is 0 Å². The van der Waals surface area contributed by atoms with Crippen molar-refractivity contribution >= 4 is 0 Å². The van der Waals surface area contributed by atoms with Gasteiger partial charge in [0.25, 0.3) is 0 Å². The first-order valence-electron chi connectivity index (χ1n) is 5.89. The zero-order valence-corrected chi connectivity index (χ0v) is 9.97. The van der Waals surface area contributed by atoms with Crippen LogP contribution in [0.25, 0.3) is 0 Å². The highest BCUT2D eigenvalue weighted by molar-refractivity contribution is 4.51. The van der Waals surface area contributed by atoms with E-state index in [1.165, 1.54) is 64.2 Å². The molecule has 0 spiro atoms. The number of aliphatic hydroxyl groups excluding tert-OH is 2. The van der Waals surface area contributed by atoms with Gasteiger partial charge in [0.2, 0.25) is 0 Å². The van der Waals surface area contributed by atoms with Gasteiger partial charge in [-0.15, -0.1) is 0 Å². The van der Waals surface area contributed by atoms with Crippen molar-refractivity contribution in [2.75, 3.05) is 14.2 Å². The van der Waals surface area contributed by atoms with Crippen molar-refractivity contribution in [3.05, 3.63) is 0 Å². The van der Waals surface area contributed by atoms with Gasteiger partial charge in [0.1, 0.15) is 0 Å². The van der Waals surface area contributed by atoms with Crippen molar-refractivity contribution in [1.29, 1.82) is 0 Å². The molecule has 0 aromatic heterocycles. The van der Waals surface area contributed by atoms with Gasteiger partial charge in [-0.25, -0.2) is 0 Å². The van der Waals surface area contributed by atoms with Gasteiger partial charge in [0.15, 0.2) is 0 Å². The van der Waals surface area contributed by atoms with Gasteiger partial charge in [-0.3, -0.25) is 0 Å². The van der Waals surface area contributed by atoms with E-state index < -0.39 is 0 Å². The van der Waals surface area contributed by atoms with Crippen molar-refractivity contribution in [2.24, 2.45) is 0 Å². The Hall–Kier alpha value is -0.0800. The molecule has 0 bridgehead atoms. The second kappa shape index (κ2) is 18.7. The predicted molar refractivity (Wildman–Crippen MR) is 62.5 cm³/mol. The van der Waals surface area contributed by atoms with E-state index in [1.54, 1.807) is 0 Å². The maximum atomic E-state index is 7.00. The Morgan fingerprint density at radius 1 is 0.357 bits per heavy atom. The Labute approximate surface area is 89.3 Å². The maximum Gasteiger partial charge on any atom is 0.0319 e. The molecule has 2 saturated carbocycles. The van der Waals surface area contributed by atoms with E-state index >= 15 is 0 Å². The molecule has 0 atom stereocenters. The molecule has 0 unspecified atom stereocenters. The molecule has 2 aliphatic rings. The molecule has 14 heavy (non-hydrogen) atoms. The van der Waals surface area contributed by atoms with E-state index in [2.05, 4.69) is 0 Å². The molecule has 2 heteroatoms. The third kappa shape index (κ3) is 14.4. The monoisotopic (exact) mass is 204 g/mol. The molecular formula is C12H28O2. The summed E-state index contributed by atoms with van der Waals surface area (Å²) in [6.45, 7) is 0. The Morgan fingerprint density at radius 3 is 0.500 bits per heavy atom. The van der Waals surface area contributed by atoms with E-state index in [9.17, 15) is 0 Å². The minimum absolute atomic E-state index is 1.00. The van der Waals surface area contributed by atoms with Crippen LogP contribution in [0.2, 0.25) is 0 Å². The van der Waals surface area contributed by atoms with Crippen molar-refractivity contribution in [1.82, 2.24) is 0 Å². The molecular weight excluding hydrogens is 176 g/mol. The fourth-order valence-corrected chi connectivity index (χ4v) is 1.77. The number of hydrogen-bond acceptors (Lipinski definition) is 2. The minimum atomic E-state index is 1.00. The van der Waals surface area contributed by atoms with Crippen molar-refractivity contribution in [3.63, 3.8) is 0 Å². The normalized spacial score (nSPS) is 18.0. The van der Waals surface area contributed by atoms with Crippen LogP contribution in [-0.4, -0.2) is 24.4 Å². The van der Waals surface area contributed by atoms with Crippen LogP contribution in [0.1, 0.15) is 64.2 Å². The lowest BCUT2D eigenvalue weighted by atomic mass is 10.4. The van der Waals surface area contributed by atoms with E-state index in [4.69, 9.17) is 10.2 Å². The van der Waals surface area contributed by atoms with Crippen LogP contribution in [0.4, 0.5) is 0 Å². The summed E-state index contributed by atoms with van der Waals surface area (Å²) in [5.41, 5.74) is 0. The number of aliphatic hydroxyl groups is 2. The predicted octanol–water partition coefficient (Wildman–Crippen LogP) is 3.12. The van der Waals surface area contributed by atoms with Gasteiger partial charge >= 0.3 is 0 Å². The minimum Gasteiger partial charge on any atom is -0.400 e. The van der Waals surface area contributed by atoms with Gasteiger partial charge in [-0.05, 0) is 0 Å². The lowest BCUT2D eigenvalue weighted by Crippen LogP contribution is -1.47. The Balaban J connectivity index is 0. The van der Waals surface area contributed by atoms with Crippen LogP contribution in [0, 0.1) is 0 Å². The molecule has 0 aromatic rings. The van der Waals surface area contributed by atoms with Crippen LogP contribution in [0.5, 0.6) is 0 Å². The summed E-state index contributed by atoms with van der Waals surface area (Å²) in [6.07, 6.45) is 15.0. The standard InChI is InChI=1S/2C5H10.2CH4O/c2*1-2-4-5-3-1;2*1-2/h2*1-5H2;2*2H,1H3. The second-order valence-corrected chi connectivity index (χ2v) is 3.54. The zero-order chi connectivity index (χ0) is 11.1. The fourth-order valence-electron chi connectivity index (χ4n) is 1.77. The number of hydrogen-bond donors (Lipinski definition) is 2. The molecule has 2 N–H and O–H groups in total. The van der Waals surface area contributed by atoms with Crippen LogP contribution in [0.3, 0.4) is 0 Å². The van der Waals surface area contributed by atoms with E-state index in [0.29, 0.717) is 0 Å². The van der Waals surface area contributed by atoms with Gasteiger partial charge in [-0.1, -0.05) is 64.2 Å². The van der Waals surface area contributed by atoms with E-state index in [1.807, 2.05) is 0 Å². The smallest absolute Gasteiger partial charge is 0.0319 e. The van der Waals surface area contributed by atoms with Gasteiger partial charge in [0.05, 0.1) is 0 Å². The fraction of sp³-hybridized carbons (Fsp3) is 1.00. The SMILES string of the molecule is C1CCCC1.C1CCCC1.CO.CO. The van der Waals surface area contributed by atoms with E-state index in [0.717, 1.165) is 14.2 Å². The average molecular weight is 204 g/mol. The molecule has 0 aliphatic heterocycles. The third-order valence-corrected chi connectivity index (χ3v) is 2.50. The Morgan fingerprint density at radius 2 is 0.429 bits per heavy atom. The van der Waals surface area contributed by atoms with Crippen LogP contribution in [-0.2, 0) is 0 Å². The first-order valence-corrected chi connectivity index (χ1v) is 5.89. The largest absolute Gasteiger partial charge is 0.400 e. The van der Waals surface area contributed by atoms with Crippen molar-refractivity contribution < 1.29 is 10.2 Å². The van der Waals surface area contributed by atoms with Crippen LogP contribution >= 0.6 is 0 Å². The topological polar surface area (TPSA) is 40.5 Å². The third-order valence-electron chi connectivity index (χ3n) is 2.50. The summed E-state index contributed by atoms with van der Waals surface area (Å²) in [5, 5.41) is 14.0. The summed E-state index contributed by atoms with van der Waals surface area (Å²) in [6, 6.07) is 0. The number of rotatable bonds is 0. The van der Waals surface area contributed by atoms with Crippen LogP contribution in [0.15, 0.2) is 0 Å². The molecule has 2 nitrogen and oxygen atoms in total. The highest BCUT2D eigenvalue weighted by Crippen LogP contribution is 2.15. The highest BCUT2D eigenvalue weighted by atomic mass is 16.2. The summed E-state index contributed by atoms with van der Waals surface area (Å²) in [7, 11) is 2.00. The lowest BCUT2D eigenvalue weighted by Gasteiger charge is -1.67. The molecule has 0 aromatic carbocycles. The van der Waals surface area contributed by atoms with Gasteiger partial charge in [-0.2, -0.15) is 0 Å². The molecule has 2 aliphatic carbocycles. The van der Waals surface area contributed by atoms with Crippen molar-refractivity contribution in [3.8, 4) is 0 Å². The van der Waals surface area contributed by atoms with Crippen LogP contribution < -0.4 is 0 Å². The summed E-state index contributed by atoms with van der Waals surface area (Å²) >= 11 is 0. The van der Waals surface area contributed by atoms with Gasteiger partial charge in [0, 0.05) is 14.2 Å². The molecule has 0 saturated heterocycles. The first-order chi connectivity index (χ1) is 7.00. The molecule has 0 heterocycles. The summed E-state index contributed by atoms with van der Waals surface area (Å²) < 4.78 is 0. The Bertz CT molecular complexity index is 41.5. The first kappa shape index (κ1) is 16.4. The quantitative estimate of drug-likeness (QED) is 0.636. The second-order valence-electron chi connectivity index (χ2n) is 3.54. The molecule has 0 amide bonds. The molecule has 2 rings (SSSR count). The molecule has 2 fully saturated rings. The average Bonchev–Trinajstić information content (AvgIpc) is 3.01. The lowest BCUT2D eigenvalue weighted by molar-refractivity contribution is 0.399. The molecule has 0 radical (unpaired) electrons. The summed E-state index contributed by atoms with van der Waals surface area (Å²) in [4.78, 5) is 0. The Kier molecular flexibility index (Phi) is 21.8. The van der Waals surface area contributed by atoms with Gasteiger partial charge < -0.3 is 10.2 Å². The zero-order valence-electron chi connectivity index (χ0n) is 9.97. The van der Waals surface area contributed by atoms with Crippen molar-refractivity contribution in [2.45, 2.75) is 64.2 Å². The maximum absolute atomic E-state index is 7.00. The molecule has 88 valence electrons. The highest BCUT2D eigenvalue weighted by Gasteiger charge is 1.95. The summed E-state index contributed by atoms with van der Waals surface area (Å²) in [5.74, 6) is 0.